The number of nitrogens with one attached hydrogen (secondary N) is 2. The highest BCUT2D eigenvalue weighted by Gasteiger charge is 2.72. The molecule has 48 heavy (non-hydrogen) atoms. The van der Waals surface area contributed by atoms with Gasteiger partial charge in [-0.2, -0.15) is 0 Å². The quantitative estimate of drug-likeness (QED) is 0.234. The molecule has 2 amide bonds. The number of benzene rings is 1. The molecule has 0 saturated carbocycles. The van der Waals surface area contributed by atoms with E-state index < -0.39 is 58.8 Å². The van der Waals surface area contributed by atoms with Crippen LogP contribution in [0.2, 0.25) is 0 Å². The summed E-state index contributed by atoms with van der Waals surface area (Å²) < 4.78 is 28.6. The zero-order valence-corrected chi connectivity index (χ0v) is 29.1. The number of ether oxygens (including phenoxy) is 5. The minimum atomic E-state index is -1.25. The molecule has 1 spiro atoms. The van der Waals surface area contributed by atoms with E-state index in [-0.39, 0.29) is 37.1 Å². The molecule has 3 N–H and O–H groups in total. The van der Waals surface area contributed by atoms with Crippen molar-refractivity contribution in [3.05, 3.63) is 35.1 Å². The van der Waals surface area contributed by atoms with Crippen molar-refractivity contribution in [3.63, 3.8) is 0 Å². The van der Waals surface area contributed by atoms with Gasteiger partial charge in [-0.1, -0.05) is 19.9 Å². The van der Waals surface area contributed by atoms with Gasteiger partial charge in [-0.25, -0.2) is 9.59 Å². The molecule has 1 aromatic carbocycles. The molecule has 2 bridgehead atoms. The number of likely N-dealkylation sites (N-methyl/N-ethyl adjacent to an activating group) is 1. The van der Waals surface area contributed by atoms with Crippen molar-refractivity contribution in [2.75, 3.05) is 27.2 Å². The van der Waals surface area contributed by atoms with E-state index in [1.54, 1.807) is 34.0 Å². The highest BCUT2D eigenvalue weighted by molar-refractivity contribution is 5.86. The van der Waals surface area contributed by atoms with Gasteiger partial charge in [0.25, 0.3) is 0 Å². The minimum absolute atomic E-state index is 0.0652. The van der Waals surface area contributed by atoms with E-state index in [0.29, 0.717) is 30.8 Å². The van der Waals surface area contributed by atoms with Crippen LogP contribution in [0.25, 0.3) is 0 Å². The van der Waals surface area contributed by atoms with Gasteiger partial charge in [-0.05, 0) is 84.2 Å². The van der Waals surface area contributed by atoms with Crippen molar-refractivity contribution in [3.8, 4) is 11.5 Å². The molecule has 264 valence electrons. The Morgan fingerprint density at radius 1 is 1.17 bits per heavy atom. The molecule has 4 aliphatic rings. The standard InChI is InChI=1S/C35H49N3O10/c1-19(2)17-22(37-32(42)48-33(4,5)6)30(40)36-15-12-26(39)45-20(3)31(41)46-24-11-13-35(43)25-18-21-9-10-23(44-8)28-27(21)34(35,29(24)47-28)14-16-38(25)7/h9-11,19-20,22,25,29,43H,12-18H2,1-8H3,(H,36,40)(H,37,42)/t20-,22-,25?,29-,34-,35-/m0/s1. The summed E-state index contributed by atoms with van der Waals surface area (Å²) in [5, 5.41) is 17.6. The molecule has 1 unspecified atom stereocenters. The van der Waals surface area contributed by atoms with Crippen molar-refractivity contribution in [2.45, 2.75) is 115 Å². The summed E-state index contributed by atoms with van der Waals surface area (Å²) in [5.74, 6) is -0.483. The molecule has 1 saturated heterocycles. The summed E-state index contributed by atoms with van der Waals surface area (Å²) >= 11 is 0. The van der Waals surface area contributed by atoms with E-state index in [1.165, 1.54) is 6.92 Å². The van der Waals surface area contributed by atoms with Gasteiger partial charge in [0, 0.05) is 24.6 Å². The van der Waals surface area contributed by atoms with E-state index in [1.807, 2.05) is 33.0 Å². The molecule has 0 aromatic heterocycles. The van der Waals surface area contributed by atoms with Crippen molar-refractivity contribution >= 4 is 23.9 Å². The lowest BCUT2D eigenvalue weighted by atomic mass is 9.50. The molecular formula is C35H49N3O10. The number of hydrogen-bond donors (Lipinski definition) is 3. The SMILES string of the molecule is COc1ccc2c3c1O[C@H]1C(OC(=O)[C@H](C)OC(=O)CCNC(=O)[C@H](CC(C)C)NC(=O)OC(C)(C)C)=CC[C@]4(O)C(C2)N(C)CC[C@]314. The number of methoxy groups -OCH3 is 1. The maximum absolute atomic E-state index is 13.3. The molecular weight excluding hydrogens is 622 g/mol. The fourth-order valence-corrected chi connectivity index (χ4v) is 7.65. The second-order valence-corrected chi connectivity index (χ2v) is 14.7. The molecule has 0 radical (unpaired) electrons. The third-order valence-corrected chi connectivity index (χ3v) is 9.76. The van der Waals surface area contributed by atoms with Gasteiger partial charge in [0.15, 0.2) is 23.7 Å². The molecule has 1 aromatic rings. The van der Waals surface area contributed by atoms with Crippen LogP contribution < -0.4 is 20.1 Å². The minimum Gasteiger partial charge on any atom is -0.493 e. The number of carbonyl (C=O) groups is 4. The van der Waals surface area contributed by atoms with Gasteiger partial charge in [0.2, 0.25) is 5.91 Å². The number of amides is 2. The predicted octanol–water partition coefficient (Wildman–Crippen LogP) is 2.89. The van der Waals surface area contributed by atoms with E-state index in [2.05, 4.69) is 15.5 Å². The van der Waals surface area contributed by atoms with Crippen molar-refractivity contribution in [2.24, 2.45) is 5.92 Å². The first-order valence-corrected chi connectivity index (χ1v) is 16.7. The molecule has 2 aliphatic carbocycles. The van der Waals surface area contributed by atoms with Gasteiger partial charge in [0.05, 0.1) is 24.5 Å². The maximum atomic E-state index is 13.3. The Bertz CT molecular complexity index is 1490. The lowest BCUT2D eigenvalue weighted by Gasteiger charge is -2.61. The third-order valence-electron chi connectivity index (χ3n) is 9.76. The number of carbonyl (C=O) groups excluding carboxylic acids is 4. The molecule has 13 heteroatoms. The Balaban J connectivity index is 1.20. The number of likely N-dealkylation sites (tertiary alicyclic amines) is 1. The maximum Gasteiger partial charge on any atom is 0.408 e. The third kappa shape index (κ3) is 6.46. The number of alkyl carbamates (subject to hydrolysis) is 1. The number of rotatable bonds is 11. The van der Waals surface area contributed by atoms with Gasteiger partial charge in [-0.15, -0.1) is 0 Å². The van der Waals surface area contributed by atoms with E-state index in [9.17, 15) is 24.3 Å². The zero-order chi connectivity index (χ0) is 35.2. The van der Waals surface area contributed by atoms with Crippen LogP contribution in [-0.2, 0) is 40.4 Å². The summed E-state index contributed by atoms with van der Waals surface area (Å²) in [7, 11) is 3.58. The van der Waals surface area contributed by atoms with Crippen LogP contribution in [0.5, 0.6) is 11.5 Å². The smallest absolute Gasteiger partial charge is 0.408 e. The van der Waals surface area contributed by atoms with Crippen molar-refractivity contribution in [1.82, 2.24) is 15.5 Å². The summed E-state index contributed by atoms with van der Waals surface area (Å²) in [6.07, 6.45) is 0.646. The van der Waals surface area contributed by atoms with Crippen LogP contribution >= 0.6 is 0 Å². The summed E-state index contributed by atoms with van der Waals surface area (Å²) in [6, 6.07) is 2.89. The first-order chi connectivity index (χ1) is 22.5. The van der Waals surface area contributed by atoms with Crippen LogP contribution in [0, 0.1) is 5.92 Å². The van der Waals surface area contributed by atoms with E-state index in [4.69, 9.17) is 23.7 Å². The Labute approximate surface area is 281 Å². The molecule has 13 nitrogen and oxygen atoms in total. The Morgan fingerprint density at radius 2 is 1.90 bits per heavy atom. The highest BCUT2D eigenvalue weighted by atomic mass is 16.6. The van der Waals surface area contributed by atoms with Gasteiger partial charge in [0.1, 0.15) is 17.4 Å². The first kappa shape index (κ1) is 35.5. The Kier molecular flexibility index (Phi) is 9.77. The van der Waals surface area contributed by atoms with Gasteiger partial charge < -0.3 is 44.3 Å². The number of nitrogens with zero attached hydrogens (tertiary/aromatic N) is 1. The van der Waals surface area contributed by atoms with Crippen LogP contribution in [-0.4, -0.2) is 96.7 Å². The largest absolute Gasteiger partial charge is 0.493 e. The number of aliphatic hydroxyl groups is 1. The highest BCUT2D eigenvalue weighted by Crippen LogP contribution is 2.65. The Hall–Kier alpha value is -3.84. The van der Waals surface area contributed by atoms with Gasteiger partial charge in [-0.3, -0.25) is 9.59 Å². The number of hydrogen-bond acceptors (Lipinski definition) is 11. The van der Waals surface area contributed by atoms with Gasteiger partial charge >= 0.3 is 18.0 Å². The molecule has 2 aliphatic heterocycles. The van der Waals surface area contributed by atoms with E-state index >= 15 is 0 Å². The monoisotopic (exact) mass is 671 g/mol. The summed E-state index contributed by atoms with van der Waals surface area (Å²) in [6.45, 7) is 11.1. The first-order valence-electron chi connectivity index (χ1n) is 16.7. The lowest BCUT2D eigenvalue weighted by Crippen LogP contribution is -2.74. The van der Waals surface area contributed by atoms with E-state index in [0.717, 1.165) is 17.7 Å². The second kappa shape index (κ2) is 13.2. The van der Waals surface area contributed by atoms with Crippen molar-refractivity contribution < 1.29 is 48.0 Å². The summed E-state index contributed by atoms with van der Waals surface area (Å²) in [4.78, 5) is 53.2. The molecule has 2 heterocycles. The zero-order valence-electron chi connectivity index (χ0n) is 29.1. The second-order valence-electron chi connectivity index (χ2n) is 14.7. The Morgan fingerprint density at radius 3 is 2.56 bits per heavy atom. The fraction of sp³-hybridized carbons (Fsp3) is 0.657. The van der Waals surface area contributed by atoms with Crippen molar-refractivity contribution in [1.29, 1.82) is 0 Å². The van der Waals surface area contributed by atoms with Crippen LogP contribution in [0.1, 0.15) is 78.4 Å². The average molecular weight is 672 g/mol. The van der Waals surface area contributed by atoms with Crippen LogP contribution in [0.15, 0.2) is 24.0 Å². The molecule has 1 fully saturated rings. The lowest BCUT2D eigenvalue weighted by molar-refractivity contribution is -0.175. The number of esters is 2. The fourth-order valence-electron chi connectivity index (χ4n) is 7.65. The van der Waals surface area contributed by atoms with Crippen LogP contribution in [0.4, 0.5) is 4.79 Å². The number of piperidine rings is 1. The predicted molar refractivity (Wildman–Crippen MR) is 173 cm³/mol. The molecule has 6 atom stereocenters. The average Bonchev–Trinajstić information content (AvgIpc) is 3.34. The molecule has 5 rings (SSSR count). The summed E-state index contributed by atoms with van der Waals surface area (Å²) in [5.41, 5.74) is -0.717. The normalized spacial score (nSPS) is 26.7. The topological polar surface area (TPSA) is 162 Å². The van der Waals surface area contributed by atoms with Crippen LogP contribution in [0.3, 0.4) is 0 Å².